The summed E-state index contributed by atoms with van der Waals surface area (Å²) in [5.74, 6) is -1.97. The van der Waals surface area contributed by atoms with Crippen LogP contribution in [0, 0.1) is 11.6 Å². The average molecular weight is 543 g/mol. The maximum atomic E-state index is 13.9. The van der Waals surface area contributed by atoms with Crippen molar-refractivity contribution < 1.29 is 31.3 Å². The summed E-state index contributed by atoms with van der Waals surface area (Å²) < 4.78 is 61.3. The Morgan fingerprint density at radius 1 is 1.14 bits per heavy atom. The zero-order valence-electron chi connectivity index (χ0n) is 19.4. The lowest BCUT2D eigenvalue weighted by Crippen LogP contribution is -2.21. The van der Waals surface area contributed by atoms with Gasteiger partial charge in [0, 0.05) is 29.4 Å². The van der Waals surface area contributed by atoms with Crippen molar-refractivity contribution in [2.75, 3.05) is 32.1 Å². The molecule has 0 saturated carbocycles. The zero-order valence-corrected chi connectivity index (χ0v) is 21.0. The van der Waals surface area contributed by atoms with Crippen molar-refractivity contribution >= 4 is 33.4 Å². The van der Waals surface area contributed by atoms with Gasteiger partial charge in [-0.15, -0.1) is 0 Å². The number of halogens is 3. The van der Waals surface area contributed by atoms with Crippen molar-refractivity contribution in [3.63, 3.8) is 0 Å². The summed E-state index contributed by atoms with van der Waals surface area (Å²) >= 11 is 5.79. The largest absolute Gasteiger partial charge is 0.485 e. The van der Waals surface area contributed by atoms with Crippen molar-refractivity contribution in [1.82, 2.24) is 9.88 Å². The first kappa shape index (κ1) is 28.9. The quantitative estimate of drug-likeness (QED) is 0.290. The molecule has 0 aliphatic heterocycles. The van der Waals surface area contributed by atoms with Gasteiger partial charge in [0.2, 0.25) is 5.91 Å². The molecular formula is C23H25ClF2N4O5S. The molecule has 0 atom stereocenters. The van der Waals surface area contributed by atoms with E-state index in [2.05, 4.69) is 4.98 Å². The Bertz CT molecular complexity index is 1340. The van der Waals surface area contributed by atoms with Crippen LogP contribution in [0.25, 0.3) is 11.1 Å². The average Bonchev–Trinajstić information content (AvgIpc) is 2.81. The van der Waals surface area contributed by atoms with Crippen molar-refractivity contribution in [2.24, 2.45) is 5.73 Å². The topological polar surface area (TPSA) is 149 Å². The van der Waals surface area contributed by atoms with Gasteiger partial charge in [-0.3, -0.25) is 9.35 Å². The van der Waals surface area contributed by atoms with Gasteiger partial charge in [-0.05, 0) is 50.0 Å². The predicted octanol–water partition coefficient (Wildman–Crippen LogP) is 3.38. The van der Waals surface area contributed by atoms with Gasteiger partial charge in [-0.1, -0.05) is 23.7 Å². The van der Waals surface area contributed by atoms with E-state index in [0.29, 0.717) is 23.2 Å². The van der Waals surface area contributed by atoms with Gasteiger partial charge in [-0.2, -0.15) is 8.42 Å². The number of nitrogen functional groups attached to an aromatic ring is 1. The molecule has 194 valence electrons. The van der Waals surface area contributed by atoms with E-state index in [4.69, 9.17) is 32.4 Å². The molecule has 0 saturated heterocycles. The summed E-state index contributed by atoms with van der Waals surface area (Å²) in [4.78, 5) is 17.1. The SMILES string of the molecule is CN(C)CCS(=O)(=O)O.NC(=O)c1cccc(-c2cnc(N)c(OCc3c(F)ccc(F)c3Cl)c2)c1. The number of carbonyl (C=O) groups excluding carboxylic acids is 1. The number of hydrogen-bond donors (Lipinski definition) is 3. The van der Waals surface area contributed by atoms with Gasteiger partial charge in [0.1, 0.15) is 18.2 Å². The van der Waals surface area contributed by atoms with Crippen LogP contribution in [-0.4, -0.2) is 55.2 Å². The first-order valence-corrected chi connectivity index (χ1v) is 12.3. The molecule has 0 bridgehead atoms. The highest BCUT2D eigenvalue weighted by atomic mass is 35.5. The molecule has 0 spiro atoms. The Kier molecular flexibility index (Phi) is 10.1. The number of aromatic nitrogens is 1. The summed E-state index contributed by atoms with van der Waals surface area (Å²) in [7, 11) is -0.278. The van der Waals surface area contributed by atoms with E-state index in [1.165, 1.54) is 6.20 Å². The third-order valence-corrected chi connectivity index (χ3v) is 5.78. The van der Waals surface area contributed by atoms with Crippen LogP contribution in [0.4, 0.5) is 14.6 Å². The Hall–Kier alpha value is -3.32. The molecule has 0 aliphatic rings. The van der Waals surface area contributed by atoms with E-state index in [1.54, 1.807) is 49.3 Å². The number of hydrogen-bond acceptors (Lipinski definition) is 7. The number of anilines is 1. The molecule has 1 amide bonds. The van der Waals surface area contributed by atoms with Crippen molar-refractivity contribution in [1.29, 1.82) is 0 Å². The number of amides is 1. The summed E-state index contributed by atoms with van der Waals surface area (Å²) in [5, 5.41) is -0.355. The van der Waals surface area contributed by atoms with Crippen molar-refractivity contribution in [3.05, 3.63) is 76.4 Å². The standard InChI is InChI=1S/C19H14ClF2N3O2.C4H11NO3S/c20-17-13(14(21)4-5-15(17)22)9-27-16-7-12(8-25-18(16)23)10-2-1-3-11(6-10)19(24)26;1-5(2)3-4-9(6,7)8/h1-8H,9H2,(H2,23,25)(H2,24,26);3-4H2,1-2H3,(H,6,7,8). The molecule has 13 heteroatoms. The number of ether oxygens (including phenoxy) is 1. The van der Waals surface area contributed by atoms with Gasteiger partial charge in [0.25, 0.3) is 10.1 Å². The number of rotatable bonds is 8. The van der Waals surface area contributed by atoms with E-state index in [-0.39, 0.29) is 34.5 Å². The number of nitrogens with zero attached hydrogens (tertiary/aromatic N) is 2. The smallest absolute Gasteiger partial charge is 0.266 e. The maximum absolute atomic E-state index is 13.9. The normalized spacial score (nSPS) is 11.1. The zero-order chi connectivity index (χ0) is 27.0. The summed E-state index contributed by atoms with van der Waals surface area (Å²) in [6.07, 6.45) is 1.50. The Labute approximate surface area is 212 Å². The monoisotopic (exact) mass is 542 g/mol. The number of nitrogens with two attached hydrogens (primary N) is 2. The number of benzene rings is 2. The van der Waals surface area contributed by atoms with Crippen LogP contribution in [0.1, 0.15) is 15.9 Å². The minimum absolute atomic E-state index is 0.0674. The van der Waals surface area contributed by atoms with Crippen LogP contribution in [0.3, 0.4) is 0 Å². The van der Waals surface area contributed by atoms with Gasteiger partial charge in [0.05, 0.1) is 10.8 Å². The highest BCUT2D eigenvalue weighted by Gasteiger charge is 2.14. The van der Waals surface area contributed by atoms with Crippen LogP contribution in [0.2, 0.25) is 5.02 Å². The number of pyridine rings is 1. The van der Waals surface area contributed by atoms with Crippen LogP contribution < -0.4 is 16.2 Å². The second-order valence-electron chi connectivity index (χ2n) is 7.75. The molecule has 0 radical (unpaired) electrons. The molecule has 36 heavy (non-hydrogen) atoms. The lowest BCUT2D eigenvalue weighted by Gasteiger charge is -2.12. The van der Waals surface area contributed by atoms with Crippen LogP contribution in [0.5, 0.6) is 5.75 Å². The molecule has 0 unspecified atom stereocenters. The van der Waals surface area contributed by atoms with Crippen LogP contribution in [-0.2, 0) is 16.7 Å². The minimum Gasteiger partial charge on any atom is -0.485 e. The molecule has 0 fully saturated rings. The molecule has 5 N–H and O–H groups in total. The number of primary amides is 1. The second kappa shape index (κ2) is 12.6. The van der Waals surface area contributed by atoms with Gasteiger partial charge in [-0.25, -0.2) is 13.8 Å². The van der Waals surface area contributed by atoms with E-state index < -0.39 is 27.7 Å². The lowest BCUT2D eigenvalue weighted by atomic mass is 10.0. The number of carbonyl (C=O) groups is 1. The van der Waals surface area contributed by atoms with E-state index in [1.807, 2.05) is 0 Å². The molecule has 3 aromatic rings. The first-order valence-electron chi connectivity index (χ1n) is 10.3. The van der Waals surface area contributed by atoms with Gasteiger partial charge < -0.3 is 21.1 Å². The highest BCUT2D eigenvalue weighted by molar-refractivity contribution is 7.85. The predicted molar refractivity (Wildman–Crippen MR) is 133 cm³/mol. The molecule has 3 rings (SSSR count). The third kappa shape index (κ3) is 8.72. The third-order valence-electron chi connectivity index (χ3n) is 4.67. The molecule has 1 heterocycles. The van der Waals surface area contributed by atoms with E-state index in [0.717, 1.165) is 12.1 Å². The fraction of sp³-hybridized carbons (Fsp3) is 0.217. The van der Waals surface area contributed by atoms with Crippen LogP contribution >= 0.6 is 11.6 Å². The molecule has 2 aromatic carbocycles. The van der Waals surface area contributed by atoms with Crippen molar-refractivity contribution in [3.8, 4) is 16.9 Å². The molecule has 9 nitrogen and oxygen atoms in total. The van der Waals surface area contributed by atoms with Gasteiger partial charge >= 0.3 is 0 Å². The maximum Gasteiger partial charge on any atom is 0.266 e. The van der Waals surface area contributed by atoms with E-state index in [9.17, 15) is 22.0 Å². The Morgan fingerprint density at radius 2 is 1.81 bits per heavy atom. The molecule has 1 aromatic heterocycles. The van der Waals surface area contributed by atoms with Crippen LogP contribution in [0.15, 0.2) is 48.7 Å². The van der Waals surface area contributed by atoms with E-state index >= 15 is 0 Å². The summed E-state index contributed by atoms with van der Waals surface area (Å²) in [6, 6.07) is 10.1. The lowest BCUT2D eigenvalue weighted by molar-refractivity contribution is 0.1000. The summed E-state index contributed by atoms with van der Waals surface area (Å²) in [6.45, 7) is 0.0257. The molecular weight excluding hydrogens is 518 g/mol. The minimum atomic E-state index is -3.76. The second-order valence-corrected chi connectivity index (χ2v) is 9.70. The fourth-order valence-corrected chi connectivity index (χ4v) is 3.53. The first-order chi connectivity index (χ1) is 16.8. The Morgan fingerprint density at radius 3 is 2.39 bits per heavy atom. The van der Waals surface area contributed by atoms with Crippen molar-refractivity contribution in [2.45, 2.75) is 6.61 Å². The van der Waals surface area contributed by atoms with Gasteiger partial charge in [0.15, 0.2) is 11.6 Å². The molecule has 0 aliphatic carbocycles. The summed E-state index contributed by atoms with van der Waals surface area (Å²) in [5.41, 5.74) is 12.6. The fourth-order valence-electron chi connectivity index (χ4n) is 2.73. The highest BCUT2D eigenvalue weighted by Crippen LogP contribution is 2.30. The Balaban J connectivity index is 0.000000434.